The largest absolute Gasteiger partial charge is 0.349 e. The molecule has 18 heavy (non-hydrogen) atoms. The third-order valence-corrected chi connectivity index (χ3v) is 4.16. The third kappa shape index (κ3) is 2.27. The van der Waals surface area contributed by atoms with Crippen molar-refractivity contribution in [1.29, 1.82) is 0 Å². The van der Waals surface area contributed by atoms with Crippen LogP contribution < -0.4 is 11.1 Å². The first-order valence-electron chi connectivity index (χ1n) is 6.64. The summed E-state index contributed by atoms with van der Waals surface area (Å²) in [5.41, 5.74) is 6.29. The minimum atomic E-state index is -0.299. The van der Waals surface area contributed by atoms with Gasteiger partial charge in [0.2, 0.25) is 5.91 Å². The number of hydrogen-bond donors (Lipinski definition) is 2. The van der Waals surface area contributed by atoms with Gasteiger partial charge < -0.3 is 11.1 Å². The SMILES string of the molecule is CCC(C)(CN)NC(=O)C1(c2ccccc2)CC1. The molecule has 1 fully saturated rings. The monoisotopic (exact) mass is 246 g/mol. The molecule has 98 valence electrons. The Kier molecular flexibility index (Phi) is 3.44. The molecule has 3 N–H and O–H groups in total. The van der Waals surface area contributed by atoms with E-state index >= 15 is 0 Å². The fourth-order valence-electron chi connectivity index (χ4n) is 2.21. The lowest BCUT2D eigenvalue weighted by molar-refractivity contribution is -0.125. The highest BCUT2D eigenvalue weighted by molar-refractivity contribution is 5.91. The lowest BCUT2D eigenvalue weighted by atomic mass is 9.92. The van der Waals surface area contributed by atoms with Crippen LogP contribution in [0.1, 0.15) is 38.7 Å². The zero-order valence-corrected chi connectivity index (χ0v) is 11.2. The average molecular weight is 246 g/mol. The highest BCUT2D eigenvalue weighted by atomic mass is 16.2. The van der Waals surface area contributed by atoms with Crippen LogP contribution in [0, 0.1) is 0 Å². The standard InChI is InChI=1S/C15H22N2O/c1-3-14(2,11-16)17-13(18)15(9-10-15)12-7-5-4-6-8-12/h4-8H,3,9-11,16H2,1-2H3,(H,17,18). The summed E-state index contributed by atoms with van der Waals surface area (Å²) in [6, 6.07) is 10.0. The van der Waals surface area contributed by atoms with E-state index in [1.807, 2.05) is 37.3 Å². The maximum atomic E-state index is 12.5. The van der Waals surface area contributed by atoms with E-state index in [2.05, 4.69) is 12.2 Å². The summed E-state index contributed by atoms with van der Waals surface area (Å²) in [5, 5.41) is 3.13. The van der Waals surface area contributed by atoms with Crippen LogP contribution in [0.5, 0.6) is 0 Å². The summed E-state index contributed by atoms with van der Waals surface area (Å²) < 4.78 is 0. The van der Waals surface area contributed by atoms with Crippen molar-refractivity contribution in [3.05, 3.63) is 35.9 Å². The highest BCUT2D eigenvalue weighted by Crippen LogP contribution is 2.48. The minimum Gasteiger partial charge on any atom is -0.349 e. The Morgan fingerprint density at radius 1 is 1.39 bits per heavy atom. The van der Waals surface area contributed by atoms with Gasteiger partial charge in [0.15, 0.2) is 0 Å². The highest BCUT2D eigenvalue weighted by Gasteiger charge is 2.52. The molecule has 1 aliphatic rings. The van der Waals surface area contributed by atoms with Crippen molar-refractivity contribution in [1.82, 2.24) is 5.32 Å². The summed E-state index contributed by atoms with van der Waals surface area (Å²) in [6.45, 7) is 4.53. The summed E-state index contributed by atoms with van der Waals surface area (Å²) in [5.74, 6) is 0.128. The average Bonchev–Trinajstić information content (AvgIpc) is 3.21. The van der Waals surface area contributed by atoms with E-state index in [-0.39, 0.29) is 16.9 Å². The van der Waals surface area contributed by atoms with Gasteiger partial charge in [-0.25, -0.2) is 0 Å². The molecule has 1 saturated carbocycles. The Morgan fingerprint density at radius 2 is 2.00 bits per heavy atom. The number of carbonyl (C=O) groups excluding carboxylic acids is 1. The molecule has 0 bridgehead atoms. The van der Waals surface area contributed by atoms with Gasteiger partial charge in [0, 0.05) is 12.1 Å². The van der Waals surface area contributed by atoms with Gasteiger partial charge in [-0.2, -0.15) is 0 Å². The number of hydrogen-bond acceptors (Lipinski definition) is 2. The fourth-order valence-corrected chi connectivity index (χ4v) is 2.21. The predicted octanol–water partition coefficient (Wildman–Crippen LogP) is 1.96. The van der Waals surface area contributed by atoms with Crippen LogP contribution in [0.3, 0.4) is 0 Å². The van der Waals surface area contributed by atoms with E-state index in [4.69, 9.17) is 5.73 Å². The smallest absolute Gasteiger partial charge is 0.231 e. The van der Waals surface area contributed by atoms with Gasteiger partial charge in [-0.3, -0.25) is 4.79 Å². The summed E-state index contributed by atoms with van der Waals surface area (Å²) in [6.07, 6.45) is 2.72. The number of amides is 1. The first-order chi connectivity index (χ1) is 8.56. The summed E-state index contributed by atoms with van der Waals surface area (Å²) >= 11 is 0. The molecular formula is C15H22N2O. The first kappa shape index (κ1) is 13.1. The Bertz CT molecular complexity index is 419. The molecule has 0 aliphatic heterocycles. The predicted molar refractivity (Wildman–Crippen MR) is 73.2 cm³/mol. The van der Waals surface area contributed by atoms with Gasteiger partial charge in [0.25, 0.3) is 0 Å². The van der Waals surface area contributed by atoms with E-state index in [0.29, 0.717) is 6.54 Å². The molecule has 1 amide bonds. The Balaban J connectivity index is 2.15. The van der Waals surface area contributed by atoms with Crippen molar-refractivity contribution < 1.29 is 4.79 Å². The number of rotatable bonds is 5. The molecule has 0 aromatic heterocycles. The van der Waals surface area contributed by atoms with Crippen LogP contribution in [-0.2, 0) is 10.2 Å². The molecule has 0 spiro atoms. The fraction of sp³-hybridized carbons (Fsp3) is 0.533. The van der Waals surface area contributed by atoms with Crippen LogP contribution in [-0.4, -0.2) is 18.0 Å². The van der Waals surface area contributed by atoms with Crippen LogP contribution in [0.15, 0.2) is 30.3 Å². The maximum Gasteiger partial charge on any atom is 0.231 e. The van der Waals surface area contributed by atoms with Crippen LogP contribution >= 0.6 is 0 Å². The van der Waals surface area contributed by atoms with Crippen LogP contribution in [0.2, 0.25) is 0 Å². The normalized spacial score (nSPS) is 19.9. The summed E-state index contributed by atoms with van der Waals surface area (Å²) in [7, 11) is 0. The van der Waals surface area contributed by atoms with Crippen molar-refractivity contribution in [3.63, 3.8) is 0 Å². The van der Waals surface area contributed by atoms with Gasteiger partial charge in [-0.05, 0) is 31.7 Å². The van der Waals surface area contributed by atoms with Crippen LogP contribution in [0.4, 0.5) is 0 Å². The van der Waals surface area contributed by atoms with Gasteiger partial charge in [0.1, 0.15) is 0 Å². The molecule has 3 heteroatoms. The van der Waals surface area contributed by atoms with E-state index in [1.54, 1.807) is 0 Å². The second kappa shape index (κ2) is 4.73. The van der Waals surface area contributed by atoms with Crippen molar-refractivity contribution in [2.75, 3.05) is 6.54 Å². The van der Waals surface area contributed by atoms with Crippen molar-refractivity contribution in [2.24, 2.45) is 5.73 Å². The van der Waals surface area contributed by atoms with Gasteiger partial charge in [-0.15, -0.1) is 0 Å². The summed E-state index contributed by atoms with van der Waals surface area (Å²) in [4.78, 5) is 12.5. The van der Waals surface area contributed by atoms with E-state index in [1.165, 1.54) is 0 Å². The number of nitrogens with two attached hydrogens (primary N) is 1. The maximum absolute atomic E-state index is 12.5. The van der Waals surface area contributed by atoms with Crippen molar-refractivity contribution in [2.45, 2.75) is 44.1 Å². The second-order valence-electron chi connectivity index (χ2n) is 5.52. The molecule has 1 aromatic rings. The second-order valence-corrected chi connectivity index (χ2v) is 5.52. The van der Waals surface area contributed by atoms with Gasteiger partial charge in [0.05, 0.1) is 5.41 Å². The molecule has 1 aliphatic carbocycles. The third-order valence-electron chi connectivity index (χ3n) is 4.16. The zero-order chi connectivity index (χ0) is 13.2. The van der Waals surface area contributed by atoms with Gasteiger partial charge >= 0.3 is 0 Å². The number of nitrogens with one attached hydrogen (secondary N) is 1. The van der Waals surface area contributed by atoms with Crippen molar-refractivity contribution >= 4 is 5.91 Å². The zero-order valence-electron chi connectivity index (χ0n) is 11.2. The lowest BCUT2D eigenvalue weighted by Crippen LogP contribution is -2.53. The minimum absolute atomic E-state index is 0.128. The Labute approximate surface area is 109 Å². The van der Waals surface area contributed by atoms with E-state index in [9.17, 15) is 4.79 Å². The first-order valence-corrected chi connectivity index (χ1v) is 6.64. The molecule has 0 saturated heterocycles. The Morgan fingerprint density at radius 3 is 2.44 bits per heavy atom. The lowest BCUT2D eigenvalue weighted by Gasteiger charge is -2.30. The van der Waals surface area contributed by atoms with Crippen molar-refractivity contribution in [3.8, 4) is 0 Å². The topological polar surface area (TPSA) is 55.1 Å². The van der Waals surface area contributed by atoms with E-state index in [0.717, 1.165) is 24.8 Å². The number of carbonyl (C=O) groups is 1. The molecule has 0 radical (unpaired) electrons. The molecule has 2 rings (SSSR count). The quantitative estimate of drug-likeness (QED) is 0.834. The van der Waals surface area contributed by atoms with Crippen LogP contribution in [0.25, 0.3) is 0 Å². The Hall–Kier alpha value is -1.35. The molecule has 1 aromatic carbocycles. The molecule has 1 unspecified atom stereocenters. The molecule has 1 atom stereocenters. The molecule has 0 heterocycles. The molecular weight excluding hydrogens is 224 g/mol. The molecule has 3 nitrogen and oxygen atoms in total. The number of benzene rings is 1. The van der Waals surface area contributed by atoms with Gasteiger partial charge in [-0.1, -0.05) is 37.3 Å². The van der Waals surface area contributed by atoms with E-state index < -0.39 is 0 Å².